The number of benzene rings is 1. The van der Waals surface area contributed by atoms with Crippen LogP contribution in [0.3, 0.4) is 0 Å². The second-order valence-electron chi connectivity index (χ2n) is 4.86. The molecule has 4 heteroatoms. The highest BCUT2D eigenvalue weighted by atomic mass is 35.5. The summed E-state index contributed by atoms with van der Waals surface area (Å²) in [6.45, 7) is 6.71. The number of amides is 1. The summed E-state index contributed by atoms with van der Waals surface area (Å²) >= 11 is 0. The summed E-state index contributed by atoms with van der Waals surface area (Å²) in [5.74, 6) is 0.269. The topological polar surface area (TPSA) is 55.1 Å². The molecule has 18 heavy (non-hydrogen) atoms. The number of halogens is 1. The molecule has 3 nitrogen and oxygen atoms in total. The van der Waals surface area contributed by atoms with Crippen LogP contribution < -0.4 is 11.1 Å². The van der Waals surface area contributed by atoms with Crippen molar-refractivity contribution in [1.82, 2.24) is 5.32 Å². The van der Waals surface area contributed by atoms with Crippen LogP contribution in [0.25, 0.3) is 0 Å². The summed E-state index contributed by atoms with van der Waals surface area (Å²) in [5, 5.41) is 2.91. The zero-order valence-electron chi connectivity index (χ0n) is 11.2. The number of hydrogen-bond acceptors (Lipinski definition) is 2. The maximum Gasteiger partial charge on any atom is 0.224 e. The van der Waals surface area contributed by atoms with E-state index in [1.807, 2.05) is 37.3 Å². The predicted octanol–water partition coefficient (Wildman–Crippen LogP) is 2.52. The van der Waals surface area contributed by atoms with E-state index in [1.54, 1.807) is 0 Å². The molecule has 0 saturated carbocycles. The summed E-state index contributed by atoms with van der Waals surface area (Å²) in [4.78, 5) is 11.9. The van der Waals surface area contributed by atoms with E-state index in [4.69, 9.17) is 5.73 Å². The van der Waals surface area contributed by atoms with E-state index in [1.165, 1.54) is 0 Å². The molecule has 1 aromatic rings. The van der Waals surface area contributed by atoms with Gasteiger partial charge < -0.3 is 11.1 Å². The summed E-state index contributed by atoms with van der Waals surface area (Å²) < 4.78 is 0. The average Bonchev–Trinajstić information content (AvgIpc) is 2.35. The van der Waals surface area contributed by atoms with Gasteiger partial charge in [0.2, 0.25) is 5.91 Å². The Morgan fingerprint density at radius 1 is 1.22 bits per heavy atom. The minimum Gasteiger partial charge on any atom is -0.356 e. The number of nitrogens with one attached hydrogen (secondary N) is 1. The lowest BCUT2D eigenvalue weighted by Crippen LogP contribution is -2.37. The van der Waals surface area contributed by atoms with Crippen LogP contribution in [0.5, 0.6) is 0 Å². The van der Waals surface area contributed by atoms with E-state index in [0.29, 0.717) is 12.5 Å². The van der Waals surface area contributed by atoms with Crippen molar-refractivity contribution in [2.24, 2.45) is 17.6 Å². The molecular weight excluding hydrogens is 248 g/mol. The van der Waals surface area contributed by atoms with Gasteiger partial charge in [0.1, 0.15) is 0 Å². The van der Waals surface area contributed by atoms with E-state index in [-0.39, 0.29) is 30.3 Å². The summed E-state index contributed by atoms with van der Waals surface area (Å²) in [5.41, 5.74) is 7.08. The van der Waals surface area contributed by atoms with Crippen molar-refractivity contribution in [3.8, 4) is 0 Å². The van der Waals surface area contributed by atoms with Gasteiger partial charge in [-0.1, -0.05) is 51.1 Å². The molecule has 0 saturated heterocycles. The lowest BCUT2D eigenvalue weighted by Gasteiger charge is -2.20. The lowest BCUT2D eigenvalue weighted by molar-refractivity contribution is -0.125. The molecule has 0 aliphatic heterocycles. The number of nitrogens with two attached hydrogens (primary N) is 1. The van der Waals surface area contributed by atoms with Crippen molar-refractivity contribution < 1.29 is 4.79 Å². The molecule has 0 aliphatic rings. The van der Waals surface area contributed by atoms with E-state index in [0.717, 1.165) is 5.56 Å². The minimum atomic E-state index is -0.247. The van der Waals surface area contributed by atoms with Crippen LogP contribution in [0.2, 0.25) is 0 Å². The first-order valence-corrected chi connectivity index (χ1v) is 6.10. The Morgan fingerprint density at radius 2 is 1.78 bits per heavy atom. The van der Waals surface area contributed by atoms with Crippen molar-refractivity contribution in [1.29, 1.82) is 0 Å². The third kappa shape index (κ3) is 5.07. The summed E-state index contributed by atoms with van der Waals surface area (Å²) in [6, 6.07) is 9.48. The standard InChI is InChI=1S/C14H22N2O.ClH/c1-10(2)9-16-14(17)11(3)13(15)12-7-5-4-6-8-12;/h4-8,10-11,13H,9,15H2,1-3H3,(H,16,17);1H. The Kier molecular flexibility index (Phi) is 7.64. The highest BCUT2D eigenvalue weighted by Gasteiger charge is 2.21. The number of carbonyl (C=O) groups is 1. The highest BCUT2D eigenvalue weighted by molar-refractivity contribution is 5.85. The van der Waals surface area contributed by atoms with Crippen molar-refractivity contribution in [3.63, 3.8) is 0 Å². The second kappa shape index (κ2) is 8.11. The fourth-order valence-corrected chi connectivity index (χ4v) is 1.59. The van der Waals surface area contributed by atoms with Crippen molar-refractivity contribution in [2.75, 3.05) is 6.54 Å². The van der Waals surface area contributed by atoms with Gasteiger partial charge in [-0.15, -0.1) is 12.4 Å². The Morgan fingerprint density at radius 3 is 2.28 bits per heavy atom. The van der Waals surface area contributed by atoms with Crippen molar-refractivity contribution in [3.05, 3.63) is 35.9 Å². The number of carbonyl (C=O) groups excluding carboxylic acids is 1. The first kappa shape index (κ1) is 16.9. The van der Waals surface area contributed by atoms with Gasteiger partial charge in [0.15, 0.2) is 0 Å². The molecule has 2 unspecified atom stereocenters. The summed E-state index contributed by atoms with van der Waals surface area (Å²) in [6.07, 6.45) is 0. The zero-order chi connectivity index (χ0) is 12.8. The van der Waals surface area contributed by atoms with Crippen LogP contribution in [-0.2, 0) is 4.79 Å². The quantitative estimate of drug-likeness (QED) is 0.864. The molecule has 1 aromatic carbocycles. The van der Waals surface area contributed by atoms with E-state index in [2.05, 4.69) is 19.2 Å². The van der Waals surface area contributed by atoms with Crippen molar-refractivity contribution in [2.45, 2.75) is 26.8 Å². The van der Waals surface area contributed by atoms with Gasteiger partial charge in [0.25, 0.3) is 0 Å². The third-order valence-corrected chi connectivity index (χ3v) is 2.82. The van der Waals surface area contributed by atoms with E-state index >= 15 is 0 Å². The van der Waals surface area contributed by atoms with Crippen LogP contribution in [0.1, 0.15) is 32.4 Å². The molecule has 1 amide bonds. The van der Waals surface area contributed by atoms with Crippen LogP contribution in [-0.4, -0.2) is 12.5 Å². The second-order valence-corrected chi connectivity index (χ2v) is 4.86. The van der Waals surface area contributed by atoms with E-state index in [9.17, 15) is 4.79 Å². The van der Waals surface area contributed by atoms with Crippen LogP contribution >= 0.6 is 12.4 Å². The highest BCUT2D eigenvalue weighted by Crippen LogP contribution is 2.18. The van der Waals surface area contributed by atoms with E-state index < -0.39 is 0 Å². The normalized spacial score (nSPS) is 13.6. The van der Waals surface area contributed by atoms with Gasteiger partial charge in [-0.2, -0.15) is 0 Å². The molecule has 0 bridgehead atoms. The number of hydrogen-bond donors (Lipinski definition) is 2. The largest absolute Gasteiger partial charge is 0.356 e. The summed E-state index contributed by atoms with van der Waals surface area (Å²) in [7, 11) is 0. The molecule has 0 aliphatic carbocycles. The molecular formula is C14H23ClN2O. The van der Waals surface area contributed by atoms with Crippen molar-refractivity contribution >= 4 is 18.3 Å². The predicted molar refractivity (Wildman–Crippen MR) is 77.6 cm³/mol. The monoisotopic (exact) mass is 270 g/mol. The third-order valence-electron chi connectivity index (χ3n) is 2.82. The molecule has 0 fully saturated rings. The first-order valence-electron chi connectivity index (χ1n) is 6.10. The van der Waals surface area contributed by atoms with Crippen LogP contribution in [0.15, 0.2) is 30.3 Å². The molecule has 1 rings (SSSR count). The van der Waals surface area contributed by atoms with Crippen LogP contribution in [0, 0.1) is 11.8 Å². The van der Waals surface area contributed by atoms with Gasteiger partial charge in [0.05, 0.1) is 5.92 Å². The Hall–Kier alpha value is -1.06. The maximum absolute atomic E-state index is 11.9. The SMILES string of the molecule is CC(C)CNC(=O)C(C)C(N)c1ccccc1.Cl. The molecule has 3 N–H and O–H groups in total. The minimum absolute atomic E-state index is 0. The van der Waals surface area contributed by atoms with Gasteiger partial charge >= 0.3 is 0 Å². The van der Waals surface area contributed by atoms with Gasteiger partial charge in [-0.3, -0.25) is 4.79 Å². The number of rotatable bonds is 5. The Labute approximate surface area is 116 Å². The van der Waals surface area contributed by atoms with Crippen LogP contribution in [0.4, 0.5) is 0 Å². The molecule has 0 radical (unpaired) electrons. The average molecular weight is 271 g/mol. The Balaban J connectivity index is 0.00000289. The molecule has 102 valence electrons. The lowest BCUT2D eigenvalue weighted by atomic mass is 9.94. The van der Waals surface area contributed by atoms with Gasteiger partial charge in [-0.25, -0.2) is 0 Å². The molecule has 0 spiro atoms. The first-order chi connectivity index (χ1) is 8.02. The zero-order valence-corrected chi connectivity index (χ0v) is 12.0. The molecule has 0 heterocycles. The molecule has 2 atom stereocenters. The molecule has 0 aromatic heterocycles. The maximum atomic E-state index is 11.9. The fraction of sp³-hybridized carbons (Fsp3) is 0.500. The van der Waals surface area contributed by atoms with Gasteiger partial charge in [-0.05, 0) is 11.5 Å². The fourth-order valence-electron chi connectivity index (χ4n) is 1.59. The Bertz CT molecular complexity index is 354. The van der Waals surface area contributed by atoms with Gasteiger partial charge in [0, 0.05) is 12.6 Å². The smallest absolute Gasteiger partial charge is 0.224 e.